The van der Waals surface area contributed by atoms with E-state index in [-0.39, 0.29) is 0 Å². The average Bonchev–Trinajstić information content (AvgIpc) is 2.61. The molecule has 2 heterocycles. The molecule has 4 heteroatoms. The van der Waals surface area contributed by atoms with Gasteiger partial charge in [0.25, 0.3) is 0 Å². The molecular formula is C10H10ClN3. The number of hydrogen-bond acceptors (Lipinski definition) is 2. The summed E-state index contributed by atoms with van der Waals surface area (Å²) in [7, 11) is 0. The van der Waals surface area contributed by atoms with Gasteiger partial charge in [0.2, 0.25) is 5.28 Å². The van der Waals surface area contributed by atoms with E-state index in [2.05, 4.69) is 9.97 Å². The molecule has 14 heavy (non-hydrogen) atoms. The maximum Gasteiger partial charge on any atom is 0.203 e. The Morgan fingerprint density at radius 3 is 2.71 bits per heavy atom. The van der Waals surface area contributed by atoms with Crippen LogP contribution in [0.1, 0.15) is 6.92 Å². The zero-order valence-electron chi connectivity index (χ0n) is 7.81. The largest absolute Gasteiger partial charge is 0.315 e. The van der Waals surface area contributed by atoms with E-state index in [1.807, 2.05) is 23.6 Å². The zero-order chi connectivity index (χ0) is 9.97. The fraction of sp³-hybridized carbons (Fsp3) is 0.200. The molecule has 3 nitrogen and oxygen atoms in total. The summed E-state index contributed by atoms with van der Waals surface area (Å²) in [6, 6.07) is 3.89. The standard InChI is InChI=1S/C10H10ClN3/c1-2-14-9(7-13-10(14)11)8-3-5-12-6-4-8/h3-7H,2H2,1H3. The van der Waals surface area contributed by atoms with Crippen LogP contribution in [0.5, 0.6) is 0 Å². The smallest absolute Gasteiger partial charge is 0.203 e. The molecule has 0 spiro atoms. The summed E-state index contributed by atoms with van der Waals surface area (Å²) in [5, 5.41) is 0.527. The molecule has 0 aromatic carbocycles. The van der Waals surface area contributed by atoms with E-state index >= 15 is 0 Å². The molecular weight excluding hydrogens is 198 g/mol. The summed E-state index contributed by atoms with van der Waals surface area (Å²) in [4.78, 5) is 8.04. The van der Waals surface area contributed by atoms with E-state index < -0.39 is 0 Å². The Bertz CT molecular complexity index is 422. The molecule has 0 amide bonds. The Morgan fingerprint density at radius 1 is 1.36 bits per heavy atom. The highest BCUT2D eigenvalue weighted by atomic mass is 35.5. The molecule has 0 saturated carbocycles. The summed E-state index contributed by atoms with van der Waals surface area (Å²) < 4.78 is 1.96. The molecule has 0 aliphatic rings. The molecule has 0 N–H and O–H groups in total. The van der Waals surface area contributed by atoms with Crippen molar-refractivity contribution in [1.82, 2.24) is 14.5 Å². The molecule has 2 aromatic rings. The van der Waals surface area contributed by atoms with Crippen LogP contribution < -0.4 is 0 Å². The molecule has 0 aliphatic heterocycles. The minimum Gasteiger partial charge on any atom is -0.315 e. The van der Waals surface area contributed by atoms with Gasteiger partial charge in [-0.2, -0.15) is 0 Å². The number of imidazole rings is 1. The normalized spacial score (nSPS) is 10.4. The third kappa shape index (κ3) is 1.51. The highest BCUT2D eigenvalue weighted by Crippen LogP contribution is 2.21. The number of hydrogen-bond donors (Lipinski definition) is 0. The first-order chi connectivity index (χ1) is 6.83. The number of nitrogens with zero attached hydrogens (tertiary/aromatic N) is 3. The second kappa shape index (κ2) is 3.80. The van der Waals surface area contributed by atoms with Gasteiger partial charge in [-0.05, 0) is 30.7 Å². The fourth-order valence-electron chi connectivity index (χ4n) is 1.41. The maximum atomic E-state index is 5.93. The van der Waals surface area contributed by atoms with Crippen LogP contribution in [-0.4, -0.2) is 14.5 Å². The summed E-state index contributed by atoms with van der Waals surface area (Å²) in [6.45, 7) is 2.86. The summed E-state index contributed by atoms with van der Waals surface area (Å²) in [6.07, 6.45) is 5.30. The van der Waals surface area contributed by atoms with Gasteiger partial charge in [-0.3, -0.25) is 4.98 Å². The molecule has 0 atom stereocenters. The van der Waals surface area contributed by atoms with Crippen molar-refractivity contribution in [1.29, 1.82) is 0 Å². The molecule has 0 fully saturated rings. The van der Waals surface area contributed by atoms with Crippen molar-refractivity contribution in [2.75, 3.05) is 0 Å². The molecule has 2 aromatic heterocycles. The van der Waals surface area contributed by atoms with E-state index in [9.17, 15) is 0 Å². The minimum absolute atomic E-state index is 0.527. The fourth-order valence-corrected chi connectivity index (χ4v) is 1.67. The highest BCUT2D eigenvalue weighted by molar-refractivity contribution is 6.28. The summed E-state index contributed by atoms with van der Waals surface area (Å²) in [5.74, 6) is 0. The Balaban J connectivity index is 2.52. The Labute approximate surface area is 87.4 Å². The van der Waals surface area contributed by atoms with Gasteiger partial charge < -0.3 is 4.57 Å². The minimum atomic E-state index is 0.527. The van der Waals surface area contributed by atoms with Crippen molar-refractivity contribution >= 4 is 11.6 Å². The van der Waals surface area contributed by atoms with Crippen molar-refractivity contribution in [3.8, 4) is 11.3 Å². The molecule has 72 valence electrons. The predicted molar refractivity (Wildman–Crippen MR) is 56.1 cm³/mol. The van der Waals surface area contributed by atoms with Crippen molar-refractivity contribution in [2.45, 2.75) is 13.5 Å². The predicted octanol–water partition coefficient (Wildman–Crippen LogP) is 2.62. The monoisotopic (exact) mass is 207 g/mol. The number of aromatic nitrogens is 3. The Hall–Kier alpha value is -1.35. The number of rotatable bonds is 2. The van der Waals surface area contributed by atoms with Gasteiger partial charge in [-0.25, -0.2) is 4.98 Å². The zero-order valence-corrected chi connectivity index (χ0v) is 8.57. The topological polar surface area (TPSA) is 30.7 Å². The van der Waals surface area contributed by atoms with Crippen molar-refractivity contribution < 1.29 is 0 Å². The Kier molecular flexibility index (Phi) is 2.50. The molecule has 0 radical (unpaired) electrons. The van der Waals surface area contributed by atoms with Gasteiger partial charge in [0.1, 0.15) is 0 Å². The van der Waals surface area contributed by atoms with Gasteiger partial charge in [0.05, 0.1) is 11.9 Å². The van der Waals surface area contributed by atoms with Gasteiger partial charge in [0.15, 0.2) is 0 Å². The lowest BCUT2D eigenvalue weighted by molar-refractivity contribution is 0.770. The van der Waals surface area contributed by atoms with Gasteiger partial charge in [-0.15, -0.1) is 0 Å². The first-order valence-electron chi connectivity index (χ1n) is 4.44. The lowest BCUT2D eigenvalue weighted by atomic mass is 10.2. The van der Waals surface area contributed by atoms with Gasteiger partial charge >= 0.3 is 0 Å². The molecule has 0 unspecified atom stereocenters. The highest BCUT2D eigenvalue weighted by Gasteiger charge is 2.07. The number of halogens is 1. The van der Waals surface area contributed by atoms with E-state index in [4.69, 9.17) is 11.6 Å². The second-order valence-electron chi connectivity index (χ2n) is 2.89. The quantitative estimate of drug-likeness (QED) is 0.758. The van der Waals surface area contributed by atoms with Crippen LogP contribution in [0.2, 0.25) is 5.28 Å². The summed E-state index contributed by atoms with van der Waals surface area (Å²) in [5.41, 5.74) is 2.11. The van der Waals surface area contributed by atoms with Crippen LogP contribution >= 0.6 is 11.6 Å². The second-order valence-corrected chi connectivity index (χ2v) is 3.23. The van der Waals surface area contributed by atoms with E-state index in [1.54, 1.807) is 18.6 Å². The third-order valence-corrected chi connectivity index (χ3v) is 2.40. The maximum absolute atomic E-state index is 5.93. The summed E-state index contributed by atoms with van der Waals surface area (Å²) >= 11 is 5.93. The van der Waals surface area contributed by atoms with Crippen LogP contribution in [-0.2, 0) is 6.54 Å². The van der Waals surface area contributed by atoms with E-state index in [1.165, 1.54) is 0 Å². The van der Waals surface area contributed by atoms with Gasteiger partial charge in [-0.1, -0.05) is 0 Å². The third-order valence-electron chi connectivity index (χ3n) is 2.10. The Morgan fingerprint density at radius 2 is 2.07 bits per heavy atom. The molecule has 0 bridgehead atoms. The first-order valence-corrected chi connectivity index (χ1v) is 4.82. The van der Waals surface area contributed by atoms with E-state index in [0.717, 1.165) is 17.8 Å². The lowest BCUT2D eigenvalue weighted by Crippen LogP contribution is -1.96. The van der Waals surface area contributed by atoms with Crippen molar-refractivity contribution in [3.05, 3.63) is 36.0 Å². The lowest BCUT2D eigenvalue weighted by Gasteiger charge is -2.05. The SMILES string of the molecule is CCn1c(-c2ccncc2)cnc1Cl. The van der Waals surface area contributed by atoms with Crippen LogP contribution in [0.15, 0.2) is 30.7 Å². The van der Waals surface area contributed by atoms with Crippen LogP contribution in [0.3, 0.4) is 0 Å². The molecule has 2 rings (SSSR count). The molecule has 0 aliphatic carbocycles. The van der Waals surface area contributed by atoms with Crippen LogP contribution in [0.4, 0.5) is 0 Å². The van der Waals surface area contributed by atoms with E-state index in [0.29, 0.717) is 5.28 Å². The van der Waals surface area contributed by atoms with Gasteiger partial charge in [0, 0.05) is 24.5 Å². The van der Waals surface area contributed by atoms with Crippen LogP contribution in [0, 0.1) is 0 Å². The van der Waals surface area contributed by atoms with Crippen LogP contribution in [0.25, 0.3) is 11.3 Å². The first kappa shape index (κ1) is 9.21. The molecule has 0 saturated heterocycles. The number of pyridine rings is 1. The van der Waals surface area contributed by atoms with Crippen molar-refractivity contribution in [2.24, 2.45) is 0 Å². The van der Waals surface area contributed by atoms with Crippen molar-refractivity contribution in [3.63, 3.8) is 0 Å². The average molecular weight is 208 g/mol.